The smallest absolute Gasteiger partial charge is 0.408 e. The van der Waals surface area contributed by atoms with Crippen LogP contribution in [0.5, 0.6) is 5.75 Å². The molecule has 0 radical (unpaired) electrons. The number of amides is 2. The first-order valence-electron chi connectivity index (χ1n) is 14.4. The Kier molecular flexibility index (Phi) is 9.09. The number of benzene rings is 2. The molecule has 1 saturated heterocycles. The van der Waals surface area contributed by atoms with E-state index in [1.807, 2.05) is 53.4 Å². The molecule has 2 heterocycles. The lowest BCUT2D eigenvalue weighted by molar-refractivity contribution is -0.132. The number of Topliss-reactive ketones (excluding diaryl/α,β-unsaturated/α-hetero) is 1. The average molecular weight is 566 g/mol. The van der Waals surface area contributed by atoms with Crippen LogP contribution in [0.4, 0.5) is 4.79 Å². The summed E-state index contributed by atoms with van der Waals surface area (Å²) in [7, 11) is 0. The molecule has 0 aromatic heterocycles. The Morgan fingerprint density at radius 2 is 1.76 bits per heavy atom. The van der Waals surface area contributed by atoms with Gasteiger partial charge in [-0.25, -0.2) is 4.79 Å². The van der Waals surface area contributed by atoms with Gasteiger partial charge in [0.15, 0.2) is 5.78 Å². The first-order chi connectivity index (χ1) is 19.3. The van der Waals surface area contributed by atoms with E-state index in [1.165, 1.54) is 0 Å². The third-order valence-corrected chi connectivity index (χ3v) is 7.58. The minimum absolute atomic E-state index is 0.0343. The summed E-state index contributed by atoms with van der Waals surface area (Å²) in [6.07, 6.45) is 1.03. The van der Waals surface area contributed by atoms with Gasteiger partial charge in [0.05, 0.1) is 18.0 Å². The van der Waals surface area contributed by atoms with Gasteiger partial charge >= 0.3 is 6.09 Å². The highest BCUT2D eigenvalue weighted by atomic mass is 16.6. The van der Waals surface area contributed by atoms with Crippen molar-refractivity contribution in [2.24, 2.45) is 0 Å². The second-order valence-corrected chi connectivity index (χ2v) is 12.7. The number of hydrogen-bond donors (Lipinski definition) is 3. The maximum Gasteiger partial charge on any atom is 0.408 e. The summed E-state index contributed by atoms with van der Waals surface area (Å²) < 4.78 is 11.8. The quantitative estimate of drug-likeness (QED) is 0.439. The molecule has 2 unspecified atom stereocenters. The molecule has 2 aliphatic heterocycles. The summed E-state index contributed by atoms with van der Waals surface area (Å²) in [5.74, 6) is 0.168. The number of aryl methyl sites for hydroxylation is 1. The van der Waals surface area contributed by atoms with Gasteiger partial charge in [-0.05, 0) is 78.0 Å². The van der Waals surface area contributed by atoms with E-state index in [9.17, 15) is 19.5 Å². The van der Waals surface area contributed by atoms with Crippen molar-refractivity contribution in [3.8, 4) is 5.75 Å². The van der Waals surface area contributed by atoms with Crippen LogP contribution < -0.4 is 15.4 Å². The van der Waals surface area contributed by atoms with E-state index >= 15 is 0 Å². The van der Waals surface area contributed by atoms with Gasteiger partial charge in [-0.3, -0.25) is 14.5 Å². The molecular formula is C32H43N3O6. The van der Waals surface area contributed by atoms with E-state index in [-0.39, 0.29) is 12.2 Å². The van der Waals surface area contributed by atoms with Gasteiger partial charge in [-0.1, -0.05) is 42.5 Å². The van der Waals surface area contributed by atoms with Gasteiger partial charge in [0, 0.05) is 13.1 Å². The molecule has 0 saturated carbocycles. The number of aliphatic hydroxyl groups excluding tert-OH is 1. The first-order valence-corrected chi connectivity index (χ1v) is 14.4. The Labute approximate surface area is 242 Å². The summed E-state index contributed by atoms with van der Waals surface area (Å²) >= 11 is 0. The van der Waals surface area contributed by atoms with Crippen LogP contribution in [0.15, 0.2) is 54.6 Å². The molecule has 9 nitrogen and oxygen atoms in total. The van der Waals surface area contributed by atoms with Gasteiger partial charge in [0.25, 0.3) is 0 Å². The summed E-state index contributed by atoms with van der Waals surface area (Å²) in [6, 6.07) is 16.5. The second kappa shape index (κ2) is 12.2. The fourth-order valence-electron chi connectivity index (χ4n) is 5.51. The molecule has 222 valence electrons. The lowest BCUT2D eigenvalue weighted by atomic mass is 9.83. The summed E-state index contributed by atoms with van der Waals surface area (Å²) in [6.45, 7) is 9.41. The predicted molar refractivity (Wildman–Crippen MR) is 156 cm³/mol. The van der Waals surface area contributed by atoms with Crippen LogP contribution in [0.2, 0.25) is 0 Å². The van der Waals surface area contributed by atoms with Crippen molar-refractivity contribution in [1.82, 2.24) is 15.5 Å². The Morgan fingerprint density at radius 1 is 1.07 bits per heavy atom. The summed E-state index contributed by atoms with van der Waals surface area (Å²) in [5.41, 5.74) is -1.07. The fraction of sp³-hybridized carbons (Fsp3) is 0.531. The molecule has 2 amide bonds. The van der Waals surface area contributed by atoms with Crippen LogP contribution in [0, 0.1) is 0 Å². The molecule has 4 rings (SSSR count). The molecule has 2 aromatic carbocycles. The van der Waals surface area contributed by atoms with Crippen LogP contribution in [0.1, 0.15) is 76.2 Å². The van der Waals surface area contributed by atoms with Gasteiger partial charge in [-0.15, -0.1) is 0 Å². The molecule has 3 atom stereocenters. The number of ether oxygens (including phenoxy) is 2. The number of nitrogens with one attached hydrogen (secondary N) is 2. The Hall–Kier alpha value is -3.43. The van der Waals surface area contributed by atoms with Crippen LogP contribution in [0.25, 0.3) is 0 Å². The highest BCUT2D eigenvalue weighted by Gasteiger charge is 2.46. The number of para-hydroxylation sites is 1. The molecule has 0 aliphatic carbocycles. The number of piperidine rings is 1. The van der Waals surface area contributed by atoms with Crippen LogP contribution in [0.3, 0.4) is 0 Å². The number of nitrogens with zero attached hydrogens (tertiary/aromatic N) is 1. The van der Waals surface area contributed by atoms with Crippen LogP contribution in [-0.4, -0.2) is 69.9 Å². The minimum Gasteiger partial charge on any atom is -0.485 e. The average Bonchev–Trinajstić information content (AvgIpc) is 2.89. The van der Waals surface area contributed by atoms with Crippen LogP contribution >= 0.6 is 0 Å². The zero-order valence-electron chi connectivity index (χ0n) is 24.7. The fourth-order valence-corrected chi connectivity index (χ4v) is 5.51. The molecule has 0 bridgehead atoms. The Bertz CT molecular complexity index is 1240. The number of likely N-dealkylation sites (tertiary alicyclic amines) is 1. The Morgan fingerprint density at radius 3 is 2.46 bits per heavy atom. The van der Waals surface area contributed by atoms with Gasteiger partial charge in [0.1, 0.15) is 28.7 Å². The van der Waals surface area contributed by atoms with Gasteiger partial charge in [0.2, 0.25) is 5.91 Å². The third-order valence-electron chi connectivity index (χ3n) is 7.58. The van der Waals surface area contributed by atoms with E-state index in [0.29, 0.717) is 43.7 Å². The van der Waals surface area contributed by atoms with Gasteiger partial charge in [-0.2, -0.15) is 0 Å². The van der Waals surface area contributed by atoms with E-state index in [0.717, 1.165) is 12.0 Å². The van der Waals surface area contributed by atoms with Gasteiger partial charge < -0.3 is 25.2 Å². The molecule has 1 spiro atoms. The van der Waals surface area contributed by atoms with Crippen molar-refractivity contribution in [2.75, 3.05) is 13.1 Å². The monoisotopic (exact) mass is 565 g/mol. The number of carbonyl (C=O) groups is 3. The van der Waals surface area contributed by atoms with Crippen molar-refractivity contribution < 1.29 is 29.0 Å². The third kappa shape index (κ3) is 7.86. The maximum absolute atomic E-state index is 13.5. The summed E-state index contributed by atoms with van der Waals surface area (Å²) in [5, 5.41) is 17.3. The van der Waals surface area contributed by atoms with E-state index in [4.69, 9.17) is 9.47 Å². The zero-order valence-corrected chi connectivity index (χ0v) is 24.7. The van der Waals surface area contributed by atoms with Crippen molar-refractivity contribution in [3.05, 3.63) is 65.7 Å². The van der Waals surface area contributed by atoms with E-state index in [1.54, 1.807) is 40.7 Å². The Balaban J connectivity index is 1.50. The molecule has 9 heteroatoms. The molecule has 2 aromatic rings. The lowest BCUT2D eigenvalue weighted by Crippen LogP contribution is -2.63. The molecule has 3 N–H and O–H groups in total. The normalized spacial score (nSPS) is 20.9. The minimum atomic E-state index is -1.29. The number of rotatable bonds is 8. The number of alkyl carbamates (subject to hydrolysis) is 1. The lowest BCUT2D eigenvalue weighted by Gasteiger charge is -2.47. The maximum atomic E-state index is 13.5. The molecule has 1 fully saturated rings. The zero-order chi connectivity index (χ0) is 29.8. The van der Waals surface area contributed by atoms with Crippen molar-refractivity contribution >= 4 is 17.8 Å². The predicted octanol–water partition coefficient (Wildman–Crippen LogP) is 4.23. The van der Waals surface area contributed by atoms with Crippen molar-refractivity contribution in [3.63, 3.8) is 0 Å². The number of aliphatic hydroxyl groups is 1. The highest BCUT2D eigenvalue weighted by Crippen LogP contribution is 2.38. The second-order valence-electron chi connectivity index (χ2n) is 12.7. The van der Waals surface area contributed by atoms with Crippen molar-refractivity contribution in [1.29, 1.82) is 0 Å². The molecule has 41 heavy (non-hydrogen) atoms. The number of fused-ring (bicyclic) bond motifs is 1. The summed E-state index contributed by atoms with van der Waals surface area (Å²) in [4.78, 5) is 40.8. The number of hydrogen-bond acceptors (Lipinski definition) is 7. The largest absolute Gasteiger partial charge is 0.485 e. The topological polar surface area (TPSA) is 117 Å². The molecule has 2 aliphatic rings. The standard InChI is InChI=1S/C32H43N3O6/c1-30(2,3)41-29(39)34-31(4,5)28(38)33-24(17-16-22-12-7-6-8-13-22)27(37)35-19-11-18-32(21-35)20-25(36)23-14-9-10-15-26(23)40-32/h6-10,12-15,24,27,37H,11,16-21H2,1-5H3,(H,33,38)(H,34,39)/t24-,27?,32?/m1/s1. The molecular weight excluding hydrogens is 522 g/mol. The van der Waals surface area contributed by atoms with Crippen LogP contribution in [-0.2, 0) is 16.0 Å². The number of carbonyl (C=O) groups excluding carboxylic acids is 3. The number of ketones is 1. The SMILES string of the molecule is CC(C)(C)OC(=O)NC(C)(C)C(=O)N[C@H](CCc1ccccc1)C(O)N1CCCC2(CC(=O)c3ccccc3O2)C1. The van der Waals surface area contributed by atoms with E-state index < -0.39 is 41.0 Å². The highest BCUT2D eigenvalue weighted by molar-refractivity contribution is 6.00. The van der Waals surface area contributed by atoms with E-state index in [2.05, 4.69) is 10.6 Å². The van der Waals surface area contributed by atoms with Crippen molar-refractivity contribution in [2.45, 2.75) is 95.7 Å². The first kappa shape index (κ1) is 30.5.